The lowest BCUT2D eigenvalue weighted by Gasteiger charge is -2.47. The van der Waals surface area contributed by atoms with Crippen molar-refractivity contribution in [1.82, 2.24) is 19.8 Å². The van der Waals surface area contributed by atoms with Crippen LogP contribution >= 0.6 is 0 Å². The zero-order valence-electron chi connectivity index (χ0n) is 20.8. The summed E-state index contributed by atoms with van der Waals surface area (Å²) in [6, 6.07) is 4.40. The molecule has 200 valence electrons. The number of halogens is 4. The van der Waals surface area contributed by atoms with E-state index in [2.05, 4.69) is 9.97 Å². The van der Waals surface area contributed by atoms with Crippen LogP contribution in [0.4, 0.5) is 17.6 Å². The van der Waals surface area contributed by atoms with Crippen molar-refractivity contribution < 1.29 is 27.1 Å². The summed E-state index contributed by atoms with van der Waals surface area (Å²) in [6.07, 6.45) is 3.35. The fourth-order valence-corrected chi connectivity index (χ4v) is 5.57. The molecule has 0 bridgehead atoms. The first-order valence-corrected chi connectivity index (χ1v) is 13.1. The highest BCUT2D eigenvalue weighted by atomic mass is 19.4. The summed E-state index contributed by atoms with van der Waals surface area (Å²) in [5, 5.41) is 0. The van der Waals surface area contributed by atoms with Crippen molar-refractivity contribution in [2.24, 2.45) is 11.3 Å². The molecule has 5 rings (SSSR count). The van der Waals surface area contributed by atoms with Gasteiger partial charge in [0.25, 0.3) is 5.91 Å². The Labute approximate surface area is 214 Å². The van der Waals surface area contributed by atoms with E-state index in [1.807, 2.05) is 4.90 Å². The Morgan fingerprint density at radius 2 is 1.76 bits per heavy atom. The van der Waals surface area contributed by atoms with E-state index < -0.39 is 17.4 Å². The van der Waals surface area contributed by atoms with Crippen molar-refractivity contribution in [2.75, 3.05) is 39.3 Å². The van der Waals surface area contributed by atoms with Crippen LogP contribution in [-0.4, -0.2) is 71.2 Å². The molecule has 0 radical (unpaired) electrons. The quantitative estimate of drug-likeness (QED) is 0.461. The van der Waals surface area contributed by atoms with Gasteiger partial charge in [-0.25, -0.2) is 14.4 Å². The summed E-state index contributed by atoms with van der Waals surface area (Å²) in [6.45, 7) is 3.17. The minimum atomic E-state index is -4.13. The molecule has 3 heterocycles. The van der Waals surface area contributed by atoms with E-state index in [0.717, 1.165) is 25.7 Å². The van der Waals surface area contributed by atoms with Crippen LogP contribution in [-0.2, 0) is 0 Å². The SMILES string of the molecule is O=C(c1ccc(-c2cnc(OCC3CCN(CC4(C(F)(F)F)CCC4)CC3)cn2)c(F)c1)N1CCCC1. The van der Waals surface area contributed by atoms with Gasteiger partial charge < -0.3 is 14.5 Å². The van der Waals surface area contributed by atoms with E-state index in [1.165, 1.54) is 18.5 Å². The summed E-state index contributed by atoms with van der Waals surface area (Å²) in [7, 11) is 0. The molecule has 0 unspecified atom stereocenters. The van der Waals surface area contributed by atoms with Crippen LogP contribution in [0.3, 0.4) is 0 Å². The maximum Gasteiger partial charge on any atom is 0.395 e. The molecule has 3 fully saturated rings. The van der Waals surface area contributed by atoms with E-state index >= 15 is 0 Å². The molecule has 10 heteroatoms. The summed E-state index contributed by atoms with van der Waals surface area (Å²) in [5.74, 6) is -0.141. The van der Waals surface area contributed by atoms with E-state index in [4.69, 9.17) is 4.74 Å². The van der Waals surface area contributed by atoms with Crippen LogP contribution < -0.4 is 4.74 Å². The molecular formula is C27H32F4N4O2. The number of hydrogen-bond acceptors (Lipinski definition) is 5. The second-order valence-electron chi connectivity index (χ2n) is 10.6. The minimum Gasteiger partial charge on any atom is -0.476 e. The van der Waals surface area contributed by atoms with Crippen LogP contribution in [0.15, 0.2) is 30.6 Å². The number of rotatable bonds is 7. The Kier molecular flexibility index (Phi) is 7.38. The second-order valence-corrected chi connectivity index (χ2v) is 10.6. The topological polar surface area (TPSA) is 58.6 Å². The van der Waals surface area contributed by atoms with Crippen molar-refractivity contribution in [3.63, 3.8) is 0 Å². The van der Waals surface area contributed by atoms with Crippen LogP contribution in [0.1, 0.15) is 55.3 Å². The van der Waals surface area contributed by atoms with Crippen molar-refractivity contribution in [3.05, 3.63) is 42.0 Å². The normalized spacial score (nSPS) is 20.6. The third-order valence-corrected chi connectivity index (χ3v) is 8.13. The third kappa shape index (κ3) is 5.58. The highest BCUT2D eigenvalue weighted by Crippen LogP contribution is 2.53. The fraction of sp³-hybridized carbons (Fsp3) is 0.593. The predicted octanol–water partition coefficient (Wildman–Crippen LogP) is 5.34. The first-order chi connectivity index (χ1) is 17.7. The van der Waals surface area contributed by atoms with Crippen LogP contribution in [0.25, 0.3) is 11.3 Å². The molecule has 3 aliphatic rings. The lowest BCUT2D eigenvalue weighted by molar-refractivity contribution is -0.256. The number of alkyl halides is 3. The number of amides is 1. The van der Waals surface area contributed by atoms with Crippen LogP contribution in [0, 0.1) is 17.2 Å². The Bertz CT molecular complexity index is 1090. The van der Waals surface area contributed by atoms with Gasteiger partial charge in [0.1, 0.15) is 5.82 Å². The average Bonchev–Trinajstić information content (AvgIpc) is 3.40. The Balaban J connectivity index is 1.11. The van der Waals surface area contributed by atoms with Crippen molar-refractivity contribution >= 4 is 5.91 Å². The highest BCUT2D eigenvalue weighted by molar-refractivity contribution is 5.94. The molecule has 6 nitrogen and oxygen atoms in total. The molecule has 2 saturated heterocycles. The van der Waals surface area contributed by atoms with Crippen molar-refractivity contribution in [2.45, 2.75) is 51.1 Å². The first kappa shape index (κ1) is 25.9. The van der Waals surface area contributed by atoms with Gasteiger partial charge in [-0.3, -0.25) is 4.79 Å². The molecule has 2 aromatic rings. The number of carbonyl (C=O) groups excluding carboxylic acids is 1. The Morgan fingerprint density at radius 1 is 1.03 bits per heavy atom. The molecule has 1 amide bonds. The molecule has 0 N–H and O–H groups in total. The summed E-state index contributed by atoms with van der Waals surface area (Å²) in [4.78, 5) is 24.7. The molecule has 0 spiro atoms. The van der Waals surface area contributed by atoms with E-state index in [0.29, 0.717) is 56.3 Å². The lowest BCUT2D eigenvalue weighted by atomic mass is 9.67. The molecule has 2 aliphatic heterocycles. The largest absolute Gasteiger partial charge is 0.476 e. The van der Waals surface area contributed by atoms with Gasteiger partial charge in [-0.2, -0.15) is 13.2 Å². The van der Waals surface area contributed by atoms with Gasteiger partial charge in [-0.1, -0.05) is 6.42 Å². The molecule has 1 aromatic heterocycles. The minimum absolute atomic E-state index is 0.0982. The molecule has 1 saturated carbocycles. The zero-order chi connectivity index (χ0) is 26.0. The number of benzene rings is 1. The fourth-order valence-electron chi connectivity index (χ4n) is 5.57. The number of aromatic nitrogens is 2. The number of ether oxygens (including phenoxy) is 1. The van der Waals surface area contributed by atoms with Gasteiger partial charge in [0.15, 0.2) is 0 Å². The predicted molar refractivity (Wildman–Crippen MR) is 130 cm³/mol. The molecule has 0 atom stereocenters. The van der Waals surface area contributed by atoms with Gasteiger partial charge in [0.05, 0.1) is 30.1 Å². The lowest BCUT2D eigenvalue weighted by Crippen LogP contribution is -2.53. The van der Waals surface area contributed by atoms with Gasteiger partial charge in [-0.15, -0.1) is 0 Å². The van der Waals surface area contributed by atoms with Crippen LogP contribution in [0.2, 0.25) is 0 Å². The van der Waals surface area contributed by atoms with Gasteiger partial charge >= 0.3 is 6.18 Å². The van der Waals surface area contributed by atoms with E-state index in [-0.39, 0.29) is 36.8 Å². The van der Waals surface area contributed by atoms with Gasteiger partial charge in [-0.05, 0) is 75.7 Å². The zero-order valence-corrected chi connectivity index (χ0v) is 20.8. The average molecular weight is 521 g/mol. The summed E-state index contributed by atoms with van der Waals surface area (Å²) in [5.41, 5.74) is -0.597. The standard InChI is InChI=1S/C27H32F4N4O2/c28-22-14-20(25(36)35-10-1-2-11-35)4-5-21(22)23-15-33-24(16-32-23)37-17-19-6-12-34(13-7-19)18-26(8-3-9-26)27(29,30)31/h4-5,14-16,19H,1-3,6-13,17-18H2. The molecular weight excluding hydrogens is 488 g/mol. The Hall–Kier alpha value is -2.75. The van der Waals surface area contributed by atoms with E-state index in [9.17, 15) is 22.4 Å². The summed E-state index contributed by atoms with van der Waals surface area (Å²) >= 11 is 0. The number of piperidine rings is 1. The third-order valence-electron chi connectivity index (χ3n) is 8.13. The maximum absolute atomic E-state index is 14.8. The van der Waals surface area contributed by atoms with E-state index in [1.54, 1.807) is 17.0 Å². The van der Waals surface area contributed by atoms with Gasteiger partial charge in [0, 0.05) is 30.8 Å². The smallest absolute Gasteiger partial charge is 0.395 e. The molecule has 37 heavy (non-hydrogen) atoms. The molecule has 1 aromatic carbocycles. The number of nitrogens with zero attached hydrogens (tertiary/aromatic N) is 4. The highest BCUT2D eigenvalue weighted by Gasteiger charge is 2.58. The second kappa shape index (κ2) is 10.6. The van der Waals surface area contributed by atoms with Gasteiger partial charge in [0.2, 0.25) is 5.88 Å². The molecule has 1 aliphatic carbocycles. The number of hydrogen-bond donors (Lipinski definition) is 0. The Morgan fingerprint density at radius 3 is 2.32 bits per heavy atom. The number of likely N-dealkylation sites (tertiary alicyclic amines) is 2. The van der Waals surface area contributed by atoms with Crippen molar-refractivity contribution in [1.29, 1.82) is 0 Å². The summed E-state index contributed by atoms with van der Waals surface area (Å²) < 4.78 is 60.9. The maximum atomic E-state index is 14.8. The monoisotopic (exact) mass is 520 g/mol. The number of carbonyl (C=O) groups is 1. The first-order valence-electron chi connectivity index (χ1n) is 13.1. The van der Waals surface area contributed by atoms with Crippen LogP contribution in [0.5, 0.6) is 5.88 Å². The van der Waals surface area contributed by atoms with Crippen molar-refractivity contribution in [3.8, 4) is 17.1 Å².